The van der Waals surface area contributed by atoms with Crippen LogP contribution in [-0.2, 0) is 0 Å². The summed E-state index contributed by atoms with van der Waals surface area (Å²) in [5.41, 5.74) is 2.01. The molecule has 128 valence electrons. The van der Waals surface area contributed by atoms with E-state index < -0.39 is 11.4 Å². The van der Waals surface area contributed by atoms with Crippen molar-refractivity contribution in [3.63, 3.8) is 0 Å². The normalized spacial score (nSPS) is 14.9. The van der Waals surface area contributed by atoms with Crippen molar-refractivity contribution in [3.8, 4) is 11.1 Å². The van der Waals surface area contributed by atoms with Gasteiger partial charge in [-0.05, 0) is 35.9 Å². The van der Waals surface area contributed by atoms with E-state index in [0.29, 0.717) is 16.7 Å². The SMILES string of the molecule is O=c1oc2cc(N3CCNCC3)ccc2cc1-c1ccc(F)c(Cl)c1. The zero-order valence-electron chi connectivity index (χ0n) is 13.4. The zero-order chi connectivity index (χ0) is 17.4. The van der Waals surface area contributed by atoms with Crippen molar-refractivity contribution in [3.05, 3.63) is 63.7 Å². The van der Waals surface area contributed by atoms with Crippen molar-refractivity contribution in [2.24, 2.45) is 0 Å². The molecule has 0 atom stereocenters. The average Bonchev–Trinajstić information content (AvgIpc) is 2.64. The van der Waals surface area contributed by atoms with Crippen LogP contribution in [0.2, 0.25) is 5.02 Å². The molecule has 0 spiro atoms. The molecule has 2 heterocycles. The van der Waals surface area contributed by atoms with Gasteiger partial charge in [0.15, 0.2) is 0 Å². The standard InChI is InChI=1S/C19H16ClFN2O2/c20-16-10-12(2-4-17(16)21)15-9-13-1-3-14(11-18(13)25-19(15)24)23-7-5-22-6-8-23/h1-4,9-11,22H,5-8H2. The second kappa shape index (κ2) is 6.50. The maximum absolute atomic E-state index is 13.3. The number of benzene rings is 2. The van der Waals surface area contributed by atoms with Crippen LogP contribution in [0.4, 0.5) is 10.1 Å². The number of rotatable bonds is 2. The highest BCUT2D eigenvalue weighted by Gasteiger charge is 2.14. The van der Waals surface area contributed by atoms with Gasteiger partial charge in [0, 0.05) is 43.3 Å². The number of hydrogen-bond acceptors (Lipinski definition) is 4. The Hall–Kier alpha value is -2.37. The number of hydrogen-bond donors (Lipinski definition) is 1. The fourth-order valence-corrected chi connectivity index (χ4v) is 3.27. The molecule has 25 heavy (non-hydrogen) atoms. The van der Waals surface area contributed by atoms with E-state index in [2.05, 4.69) is 10.2 Å². The van der Waals surface area contributed by atoms with E-state index in [-0.39, 0.29) is 5.02 Å². The van der Waals surface area contributed by atoms with Crippen molar-refractivity contribution in [2.45, 2.75) is 0 Å². The molecule has 4 rings (SSSR count). The highest BCUT2D eigenvalue weighted by Crippen LogP contribution is 2.27. The van der Waals surface area contributed by atoms with Gasteiger partial charge in [0.25, 0.3) is 0 Å². The van der Waals surface area contributed by atoms with E-state index in [1.165, 1.54) is 18.2 Å². The molecule has 1 aromatic heterocycles. The van der Waals surface area contributed by atoms with Gasteiger partial charge in [0.05, 0.1) is 10.6 Å². The summed E-state index contributed by atoms with van der Waals surface area (Å²) in [5, 5.41) is 4.10. The van der Waals surface area contributed by atoms with Gasteiger partial charge < -0.3 is 14.6 Å². The third kappa shape index (κ3) is 3.13. The largest absolute Gasteiger partial charge is 0.422 e. The maximum atomic E-state index is 13.3. The lowest BCUT2D eigenvalue weighted by Gasteiger charge is -2.29. The molecule has 0 amide bonds. The molecule has 1 aliphatic heterocycles. The Balaban J connectivity index is 1.77. The molecular weight excluding hydrogens is 343 g/mol. The first-order chi connectivity index (χ1) is 12.1. The first-order valence-corrected chi connectivity index (χ1v) is 8.48. The molecule has 3 aromatic rings. The second-order valence-electron chi connectivity index (χ2n) is 6.04. The van der Waals surface area contributed by atoms with Crippen molar-refractivity contribution in [1.82, 2.24) is 5.32 Å². The summed E-state index contributed by atoms with van der Waals surface area (Å²) >= 11 is 5.82. The molecule has 0 unspecified atom stereocenters. The predicted molar refractivity (Wildman–Crippen MR) is 98.0 cm³/mol. The van der Waals surface area contributed by atoms with E-state index in [0.717, 1.165) is 37.3 Å². The van der Waals surface area contributed by atoms with Gasteiger partial charge in [-0.2, -0.15) is 0 Å². The number of nitrogens with zero attached hydrogens (tertiary/aromatic N) is 1. The lowest BCUT2D eigenvalue weighted by atomic mass is 10.1. The molecule has 0 aliphatic carbocycles. The fourth-order valence-electron chi connectivity index (χ4n) is 3.08. The third-order valence-corrected chi connectivity index (χ3v) is 4.72. The summed E-state index contributed by atoms with van der Waals surface area (Å²) in [6, 6.07) is 11.8. The Morgan fingerprint density at radius 3 is 2.64 bits per heavy atom. The van der Waals surface area contributed by atoms with E-state index in [4.69, 9.17) is 16.0 Å². The van der Waals surface area contributed by atoms with Crippen molar-refractivity contribution in [2.75, 3.05) is 31.1 Å². The lowest BCUT2D eigenvalue weighted by molar-refractivity contribution is 0.561. The van der Waals surface area contributed by atoms with Crippen LogP contribution >= 0.6 is 11.6 Å². The van der Waals surface area contributed by atoms with E-state index in [1.807, 2.05) is 18.2 Å². The molecule has 0 radical (unpaired) electrons. The van der Waals surface area contributed by atoms with Gasteiger partial charge >= 0.3 is 5.63 Å². The summed E-state index contributed by atoms with van der Waals surface area (Å²) < 4.78 is 18.9. The minimum absolute atomic E-state index is 0.0222. The van der Waals surface area contributed by atoms with Crippen LogP contribution in [0.5, 0.6) is 0 Å². The summed E-state index contributed by atoms with van der Waals surface area (Å²) in [4.78, 5) is 14.6. The molecule has 0 saturated carbocycles. The molecule has 6 heteroatoms. The van der Waals surface area contributed by atoms with Crippen LogP contribution in [0.1, 0.15) is 0 Å². The molecule has 1 fully saturated rings. The number of halogens is 2. The Labute approximate surface area is 148 Å². The van der Waals surface area contributed by atoms with E-state index in [9.17, 15) is 9.18 Å². The molecular formula is C19H16ClFN2O2. The van der Waals surface area contributed by atoms with Gasteiger partial charge in [-0.15, -0.1) is 0 Å². The number of nitrogens with one attached hydrogen (secondary N) is 1. The molecule has 4 nitrogen and oxygen atoms in total. The van der Waals surface area contributed by atoms with Crippen molar-refractivity contribution < 1.29 is 8.81 Å². The van der Waals surface area contributed by atoms with Crippen LogP contribution in [0.25, 0.3) is 22.1 Å². The van der Waals surface area contributed by atoms with Crippen LogP contribution in [-0.4, -0.2) is 26.2 Å². The van der Waals surface area contributed by atoms with Gasteiger partial charge in [0.2, 0.25) is 0 Å². The van der Waals surface area contributed by atoms with Gasteiger partial charge in [-0.1, -0.05) is 17.7 Å². The topological polar surface area (TPSA) is 45.5 Å². The summed E-state index contributed by atoms with van der Waals surface area (Å²) in [7, 11) is 0. The smallest absolute Gasteiger partial charge is 0.344 e. The van der Waals surface area contributed by atoms with Crippen LogP contribution < -0.4 is 15.8 Å². The van der Waals surface area contributed by atoms with Gasteiger partial charge in [0.1, 0.15) is 11.4 Å². The second-order valence-corrected chi connectivity index (χ2v) is 6.44. The van der Waals surface area contributed by atoms with Gasteiger partial charge in [-0.25, -0.2) is 9.18 Å². The first kappa shape index (κ1) is 16.1. The number of anilines is 1. The molecule has 1 N–H and O–H groups in total. The van der Waals surface area contributed by atoms with Crippen LogP contribution in [0.3, 0.4) is 0 Å². The maximum Gasteiger partial charge on any atom is 0.344 e. The van der Waals surface area contributed by atoms with E-state index >= 15 is 0 Å². The minimum Gasteiger partial charge on any atom is -0.422 e. The first-order valence-electron chi connectivity index (χ1n) is 8.11. The molecule has 0 bridgehead atoms. The summed E-state index contributed by atoms with van der Waals surface area (Å²) in [6.45, 7) is 3.71. The monoisotopic (exact) mass is 358 g/mol. The molecule has 1 saturated heterocycles. The Morgan fingerprint density at radius 2 is 1.88 bits per heavy atom. The van der Waals surface area contributed by atoms with Gasteiger partial charge in [-0.3, -0.25) is 0 Å². The number of piperazine rings is 1. The lowest BCUT2D eigenvalue weighted by Crippen LogP contribution is -2.43. The van der Waals surface area contributed by atoms with Crippen molar-refractivity contribution in [1.29, 1.82) is 0 Å². The predicted octanol–water partition coefficient (Wildman–Crippen LogP) is 3.66. The Bertz CT molecular complexity index is 996. The highest BCUT2D eigenvalue weighted by molar-refractivity contribution is 6.31. The number of fused-ring (bicyclic) bond motifs is 1. The fraction of sp³-hybridized carbons (Fsp3) is 0.211. The minimum atomic E-state index is -0.517. The summed E-state index contributed by atoms with van der Waals surface area (Å²) in [6.07, 6.45) is 0. The quantitative estimate of drug-likeness (QED) is 0.710. The van der Waals surface area contributed by atoms with Crippen LogP contribution in [0, 0.1) is 5.82 Å². The molecule has 2 aromatic carbocycles. The van der Waals surface area contributed by atoms with Crippen LogP contribution in [0.15, 0.2) is 51.7 Å². The Morgan fingerprint density at radius 1 is 1.08 bits per heavy atom. The zero-order valence-corrected chi connectivity index (χ0v) is 14.1. The highest BCUT2D eigenvalue weighted by atomic mass is 35.5. The van der Waals surface area contributed by atoms with Crippen molar-refractivity contribution >= 4 is 28.3 Å². The molecule has 1 aliphatic rings. The Kier molecular flexibility index (Phi) is 4.19. The van der Waals surface area contributed by atoms with E-state index in [1.54, 1.807) is 6.07 Å². The third-order valence-electron chi connectivity index (χ3n) is 4.43. The summed E-state index contributed by atoms with van der Waals surface area (Å²) in [5.74, 6) is -0.517. The average molecular weight is 359 g/mol.